The Morgan fingerprint density at radius 3 is 2.85 bits per heavy atom. The van der Waals surface area contributed by atoms with Crippen LogP contribution >= 0.6 is 11.6 Å². The third-order valence-electron chi connectivity index (χ3n) is 4.99. The van der Waals surface area contributed by atoms with Gasteiger partial charge in [-0.25, -0.2) is 0 Å². The molecular formula is C16H23ClN2O. The fourth-order valence-electron chi connectivity index (χ4n) is 3.64. The van der Waals surface area contributed by atoms with E-state index in [1.165, 1.54) is 24.8 Å². The van der Waals surface area contributed by atoms with Crippen molar-refractivity contribution in [2.75, 3.05) is 6.61 Å². The van der Waals surface area contributed by atoms with Gasteiger partial charge in [0, 0.05) is 17.7 Å². The van der Waals surface area contributed by atoms with Crippen molar-refractivity contribution in [3.8, 4) is 0 Å². The molecule has 1 aliphatic heterocycles. The number of hydrogen-bond acceptors (Lipinski definition) is 3. The lowest BCUT2D eigenvalue weighted by Gasteiger charge is -2.48. The number of benzene rings is 1. The number of aryl methyl sites for hydroxylation is 1. The highest BCUT2D eigenvalue weighted by atomic mass is 35.5. The predicted octanol–water partition coefficient (Wildman–Crippen LogP) is 3.50. The Hall–Kier alpha value is -0.610. The zero-order valence-corrected chi connectivity index (χ0v) is 12.7. The van der Waals surface area contributed by atoms with Gasteiger partial charge in [0.15, 0.2) is 0 Å². The molecule has 0 aromatic heterocycles. The number of nitrogens with two attached hydrogens (primary N) is 1. The Bertz CT molecular complexity index is 487. The Labute approximate surface area is 125 Å². The second-order valence-electron chi connectivity index (χ2n) is 6.29. The van der Waals surface area contributed by atoms with Crippen molar-refractivity contribution >= 4 is 11.6 Å². The van der Waals surface area contributed by atoms with Crippen molar-refractivity contribution in [1.82, 2.24) is 5.43 Å². The molecule has 1 saturated heterocycles. The van der Waals surface area contributed by atoms with Crippen LogP contribution in [0.3, 0.4) is 0 Å². The third-order valence-corrected chi connectivity index (χ3v) is 5.41. The van der Waals surface area contributed by atoms with Gasteiger partial charge in [-0.15, -0.1) is 0 Å². The van der Waals surface area contributed by atoms with Gasteiger partial charge in [-0.05, 0) is 62.1 Å². The molecule has 1 aromatic carbocycles. The van der Waals surface area contributed by atoms with Crippen LogP contribution in [0.2, 0.25) is 5.02 Å². The minimum Gasteiger partial charge on any atom is -0.375 e. The maximum absolute atomic E-state index is 6.12. The molecule has 4 heteroatoms. The van der Waals surface area contributed by atoms with Crippen LogP contribution in [-0.4, -0.2) is 12.2 Å². The fourth-order valence-corrected chi connectivity index (χ4v) is 3.75. The van der Waals surface area contributed by atoms with Gasteiger partial charge in [0.1, 0.15) is 0 Å². The maximum Gasteiger partial charge on any atom is 0.0686 e. The van der Waals surface area contributed by atoms with Crippen LogP contribution in [-0.2, 0) is 4.74 Å². The van der Waals surface area contributed by atoms with Crippen molar-refractivity contribution in [2.24, 2.45) is 11.8 Å². The van der Waals surface area contributed by atoms with Gasteiger partial charge in [-0.1, -0.05) is 23.7 Å². The first kappa shape index (κ1) is 14.3. The molecule has 1 aliphatic carbocycles. The number of ether oxygens (including phenoxy) is 1. The lowest BCUT2D eigenvalue weighted by Crippen LogP contribution is -2.48. The smallest absolute Gasteiger partial charge is 0.0686 e. The van der Waals surface area contributed by atoms with Gasteiger partial charge in [0.05, 0.1) is 5.60 Å². The van der Waals surface area contributed by atoms with E-state index >= 15 is 0 Å². The Morgan fingerprint density at radius 1 is 1.45 bits per heavy atom. The lowest BCUT2D eigenvalue weighted by atomic mass is 9.69. The topological polar surface area (TPSA) is 47.3 Å². The molecule has 1 aromatic rings. The summed E-state index contributed by atoms with van der Waals surface area (Å²) >= 11 is 6.12. The molecule has 20 heavy (non-hydrogen) atoms. The standard InChI is InChI=1S/C16H23ClN2O/c1-11-9-12(3-4-14(11)17)15(19-18)13-5-8-20-16(10-13)6-2-7-16/h3-4,9,13,15,19H,2,5-8,10,18H2,1H3. The van der Waals surface area contributed by atoms with E-state index in [0.717, 1.165) is 30.0 Å². The van der Waals surface area contributed by atoms with E-state index in [2.05, 4.69) is 17.6 Å². The van der Waals surface area contributed by atoms with E-state index in [9.17, 15) is 0 Å². The van der Waals surface area contributed by atoms with Gasteiger partial charge in [0.25, 0.3) is 0 Å². The summed E-state index contributed by atoms with van der Waals surface area (Å²) in [6.07, 6.45) is 5.90. The van der Waals surface area contributed by atoms with Crippen LogP contribution in [0.1, 0.15) is 49.3 Å². The number of nitrogens with one attached hydrogen (secondary N) is 1. The molecule has 1 spiro atoms. The van der Waals surface area contributed by atoms with Crippen LogP contribution < -0.4 is 11.3 Å². The van der Waals surface area contributed by atoms with Gasteiger partial charge in [-0.2, -0.15) is 0 Å². The van der Waals surface area contributed by atoms with E-state index in [0.29, 0.717) is 5.92 Å². The summed E-state index contributed by atoms with van der Waals surface area (Å²) in [4.78, 5) is 0. The molecule has 3 N–H and O–H groups in total. The van der Waals surface area contributed by atoms with Crippen molar-refractivity contribution in [2.45, 2.75) is 50.7 Å². The molecule has 0 amide bonds. The molecular weight excluding hydrogens is 272 g/mol. The normalized spacial score (nSPS) is 26.2. The summed E-state index contributed by atoms with van der Waals surface area (Å²) in [5, 5.41) is 0.812. The molecule has 110 valence electrons. The summed E-state index contributed by atoms with van der Waals surface area (Å²) in [5.74, 6) is 6.38. The van der Waals surface area contributed by atoms with Crippen LogP contribution in [0.4, 0.5) is 0 Å². The molecule has 0 radical (unpaired) electrons. The number of hydrazine groups is 1. The zero-order valence-electron chi connectivity index (χ0n) is 12.0. The molecule has 3 rings (SSSR count). The Balaban J connectivity index is 1.79. The van der Waals surface area contributed by atoms with E-state index < -0.39 is 0 Å². The summed E-state index contributed by atoms with van der Waals surface area (Å²) in [6, 6.07) is 6.39. The van der Waals surface area contributed by atoms with Gasteiger partial charge >= 0.3 is 0 Å². The summed E-state index contributed by atoms with van der Waals surface area (Å²) in [5.41, 5.74) is 5.51. The second kappa shape index (κ2) is 5.64. The van der Waals surface area contributed by atoms with Crippen LogP contribution in [0.25, 0.3) is 0 Å². The Morgan fingerprint density at radius 2 is 2.25 bits per heavy atom. The van der Waals surface area contributed by atoms with E-state index in [1.807, 2.05) is 13.0 Å². The van der Waals surface area contributed by atoms with Crippen molar-refractivity contribution in [3.05, 3.63) is 34.3 Å². The van der Waals surface area contributed by atoms with E-state index in [4.69, 9.17) is 22.2 Å². The number of halogens is 1. The molecule has 2 atom stereocenters. The predicted molar refractivity (Wildman–Crippen MR) is 81.5 cm³/mol. The van der Waals surface area contributed by atoms with Gasteiger partial charge in [0.2, 0.25) is 0 Å². The molecule has 1 heterocycles. The highest BCUT2D eigenvalue weighted by Crippen LogP contribution is 2.47. The minimum absolute atomic E-state index is 0.152. The minimum atomic E-state index is 0.152. The average molecular weight is 295 g/mol. The van der Waals surface area contributed by atoms with Crippen molar-refractivity contribution < 1.29 is 4.74 Å². The van der Waals surface area contributed by atoms with E-state index in [1.54, 1.807) is 0 Å². The van der Waals surface area contributed by atoms with E-state index in [-0.39, 0.29) is 11.6 Å². The first-order chi connectivity index (χ1) is 9.63. The lowest BCUT2D eigenvalue weighted by molar-refractivity contribution is -0.147. The molecule has 2 aliphatic rings. The largest absolute Gasteiger partial charge is 0.375 e. The molecule has 0 bridgehead atoms. The molecule has 2 fully saturated rings. The number of hydrogen-bond donors (Lipinski definition) is 2. The Kier molecular flexibility index (Phi) is 4.04. The van der Waals surface area contributed by atoms with Crippen LogP contribution in [0, 0.1) is 12.8 Å². The summed E-state index contributed by atoms with van der Waals surface area (Å²) < 4.78 is 6.02. The molecule has 1 saturated carbocycles. The third kappa shape index (κ3) is 2.60. The second-order valence-corrected chi connectivity index (χ2v) is 6.70. The average Bonchev–Trinajstić information content (AvgIpc) is 2.42. The van der Waals surface area contributed by atoms with Crippen LogP contribution in [0.15, 0.2) is 18.2 Å². The van der Waals surface area contributed by atoms with Crippen molar-refractivity contribution in [1.29, 1.82) is 0 Å². The fraction of sp³-hybridized carbons (Fsp3) is 0.625. The SMILES string of the molecule is Cc1cc(C(NN)C2CCOC3(CCC3)C2)ccc1Cl. The maximum atomic E-state index is 6.12. The van der Waals surface area contributed by atoms with Gasteiger partial charge < -0.3 is 4.74 Å². The first-order valence-electron chi connectivity index (χ1n) is 7.50. The highest BCUT2D eigenvalue weighted by Gasteiger charge is 2.44. The zero-order chi connectivity index (χ0) is 14.2. The summed E-state index contributed by atoms with van der Waals surface area (Å²) in [6.45, 7) is 2.90. The summed E-state index contributed by atoms with van der Waals surface area (Å²) in [7, 11) is 0. The van der Waals surface area contributed by atoms with Crippen molar-refractivity contribution in [3.63, 3.8) is 0 Å². The van der Waals surface area contributed by atoms with Crippen LogP contribution in [0.5, 0.6) is 0 Å². The van der Waals surface area contributed by atoms with Gasteiger partial charge in [-0.3, -0.25) is 11.3 Å². The highest BCUT2D eigenvalue weighted by molar-refractivity contribution is 6.31. The molecule has 2 unspecified atom stereocenters. The monoisotopic (exact) mass is 294 g/mol. The number of rotatable bonds is 3. The molecule has 3 nitrogen and oxygen atoms in total. The quantitative estimate of drug-likeness (QED) is 0.662. The first-order valence-corrected chi connectivity index (χ1v) is 7.87.